The molecule has 0 unspecified atom stereocenters. The first kappa shape index (κ1) is 16.2. The molecule has 1 heterocycles. The molecule has 1 aliphatic heterocycles. The minimum absolute atomic E-state index is 0.0194. The summed E-state index contributed by atoms with van der Waals surface area (Å²) < 4.78 is 0. The number of nitrogens with one attached hydrogen (secondary N) is 1. The normalized spacial score (nSPS) is 18.7. The number of hydrogen-bond donors (Lipinski definition) is 2. The molecular formula is C19H21N3O2. The van der Waals surface area contributed by atoms with Gasteiger partial charge in [0.2, 0.25) is 11.8 Å². The molecule has 0 bridgehead atoms. The van der Waals surface area contributed by atoms with Crippen molar-refractivity contribution in [3.63, 3.8) is 0 Å². The zero-order valence-electron chi connectivity index (χ0n) is 13.4. The Kier molecular flexibility index (Phi) is 4.91. The largest absolute Gasteiger partial charge is 0.366 e. The average Bonchev–Trinajstić information content (AvgIpc) is 2.77. The number of nitrogens with two attached hydrogens (primary N) is 1. The molecule has 5 heteroatoms. The molecule has 0 spiro atoms. The van der Waals surface area contributed by atoms with Gasteiger partial charge in [-0.2, -0.15) is 0 Å². The maximum atomic E-state index is 12.0. The zero-order chi connectivity index (χ0) is 16.9. The molecule has 0 radical (unpaired) electrons. The Bertz CT molecular complexity index is 730. The number of primary amides is 1. The second-order valence-electron chi connectivity index (χ2n) is 6.02. The topological polar surface area (TPSA) is 75.4 Å². The maximum Gasteiger partial charge on any atom is 0.248 e. The fourth-order valence-corrected chi connectivity index (χ4v) is 3.12. The SMILES string of the molecule is NC(=O)c1cccc(CN2CCNC(=O)C[C@H]2c2ccccc2)c1. The maximum absolute atomic E-state index is 12.0. The molecule has 1 saturated heterocycles. The van der Waals surface area contributed by atoms with E-state index in [1.807, 2.05) is 36.4 Å². The predicted molar refractivity (Wildman–Crippen MR) is 92.2 cm³/mol. The van der Waals surface area contributed by atoms with E-state index in [4.69, 9.17) is 5.73 Å². The Morgan fingerprint density at radius 3 is 2.71 bits per heavy atom. The highest BCUT2D eigenvalue weighted by Crippen LogP contribution is 2.27. The van der Waals surface area contributed by atoms with Gasteiger partial charge in [-0.1, -0.05) is 42.5 Å². The van der Waals surface area contributed by atoms with Gasteiger partial charge >= 0.3 is 0 Å². The van der Waals surface area contributed by atoms with Crippen molar-refractivity contribution in [3.8, 4) is 0 Å². The van der Waals surface area contributed by atoms with E-state index in [2.05, 4.69) is 22.3 Å². The van der Waals surface area contributed by atoms with E-state index in [1.54, 1.807) is 6.07 Å². The van der Waals surface area contributed by atoms with Crippen LogP contribution in [0.4, 0.5) is 0 Å². The smallest absolute Gasteiger partial charge is 0.248 e. The second kappa shape index (κ2) is 7.27. The summed E-state index contributed by atoms with van der Waals surface area (Å²) in [6.07, 6.45) is 0.430. The average molecular weight is 323 g/mol. The molecule has 1 fully saturated rings. The standard InChI is InChI=1S/C19H21N3O2/c20-19(24)16-8-4-5-14(11-16)13-22-10-9-21-18(23)12-17(22)15-6-2-1-3-7-15/h1-8,11,17H,9-10,12-13H2,(H2,20,24)(H,21,23)/t17-/m0/s1. The van der Waals surface area contributed by atoms with Crippen LogP contribution in [0.5, 0.6) is 0 Å². The van der Waals surface area contributed by atoms with Gasteiger partial charge in [-0.15, -0.1) is 0 Å². The third-order valence-corrected chi connectivity index (χ3v) is 4.32. The molecule has 0 saturated carbocycles. The first-order chi connectivity index (χ1) is 11.6. The molecule has 2 amide bonds. The van der Waals surface area contributed by atoms with E-state index in [1.165, 1.54) is 0 Å². The van der Waals surface area contributed by atoms with Gasteiger partial charge in [-0.3, -0.25) is 14.5 Å². The van der Waals surface area contributed by atoms with Gasteiger partial charge in [0, 0.05) is 37.7 Å². The van der Waals surface area contributed by atoms with Crippen LogP contribution in [0.25, 0.3) is 0 Å². The molecule has 24 heavy (non-hydrogen) atoms. The number of nitrogens with zero attached hydrogens (tertiary/aromatic N) is 1. The lowest BCUT2D eigenvalue weighted by atomic mass is 10.0. The minimum Gasteiger partial charge on any atom is -0.366 e. The van der Waals surface area contributed by atoms with Gasteiger partial charge in [0.15, 0.2) is 0 Å². The highest BCUT2D eigenvalue weighted by atomic mass is 16.2. The van der Waals surface area contributed by atoms with Gasteiger partial charge in [0.1, 0.15) is 0 Å². The van der Waals surface area contributed by atoms with E-state index in [-0.39, 0.29) is 11.9 Å². The van der Waals surface area contributed by atoms with Crippen LogP contribution in [-0.2, 0) is 11.3 Å². The van der Waals surface area contributed by atoms with Crippen molar-refractivity contribution in [1.82, 2.24) is 10.2 Å². The van der Waals surface area contributed by atoms with Gasteiger partial charge in [-0.25, -0.2) is 0 Å². The van der Waals surface area contributed by atoms with Crippen LogP contribution in [-0.4, -0.2) is 29.8 Å². The molecule has 0 aromatic heterocycles. The van der Waals surface area contributed by atoms with E-state index in [0.29, 0.717) is 25.1 Å². The summed E-state index contributed by atoms with van der Waals surface area (Å²) in [5.74, 6) is -0.360. The first-order valence-corrected chi connectivity index (χ1v) is 8.08. The van der Waals surface area contributed by atoms with Crippen LogP contribution in [0, 0.1) is 0 Å². The molecule has 124 valence electrons. The highest BCUT2D eigenvalue weighted by Gasteiger charge is 2.26. The summed E-state index contributed by atoms with van der Waals surface area (Å²) in [6, 6.07) is 17.4. The first-order valence-electron chi connectivity index (χ1n) is 8.08. The van der Waals surface area contributed by atoms with Crippen molar-refractivity contribution in [2.45, 2.75) is 19.0 Å². The molecule has 2 aromatic carbocycles. The number of hydrogen-bond acceptors (Lipinski definition) is 3. The quantitative estimate of drug-likeness (QED) is 0.901. The van der Waals surface area contributed by atoms with E-state index < -0.39 is 5.91 Å². The lowest BCUT2D eigenvalue weighted by Gasteiger charge is -2.29. The summed E-state index contributed by atoms with van der Waals surface area (Å²) in [5.41, 5.74) is 8.02. The van der Waals surface area contributed by atoms with Crippen LogP contribution in [0.1, 0.15) is 33.9 Å². The van der Waals surface area contributed by atoms with Gasteiger partial charge in [-0.05, 0) is 23.3 Å². The molecule has 1 atom stereocenters. The third kappa shape index (κ3) is 3.81. The Balaban J connectivity index is 1.86. The number of carbonyl (C=O) groups is 2. The summed E-state index contributed by atoms with van der Waals surface area (Å²) in [7, 11) is 0. The van der Waals surface area contributed by atoms with Crippen molar-refractivity contribution >= 4 is 11.8 Å². The highest BCUT2D eigenvalue weighted by molar-refractivity contribution is 5.92. The second-order valence-corrected chi connectivity index (χ2v) is 6.02. The van der Waals surface area contributed by atoms with Gasteiger partial charge in [0.25, 0.3) is 0 Å². The van der Waals surface area contributed by atoms with Gasteiger partial charge in [0.05, 0.1) is 0 Å². The summed E-state index contributed by atoms with van der Waals surface area (Å²) in [6.45, 7) is 2.04. The minimum atomic E-state index is -0.427. The lowest BCUT2D eigenvalue weighted by molar-refractivity contribution is -0.121. The summed E-state index contributed by atoms with van der Waals surface area (Å²) in [4.78, 5) is 25.7. The van der Waals surface area contributed by atoms with Gasteiger partial charge < -0.3 is 11.1 Å². The van der Waals surface area contributed by atoms with Crippen molar-refractivity contribution in [1.29, 1.82) is 0 Å². The van der Waals surface area contributed by atoms with Crippen LogP contribution in [0.3, 0.4) is 0 Å². The van der Waals surface area contributed by atoms with Crippen molar-refractivity contribution in [2.75, 3.05) is 13.1 Å². The van der Waals surface area contributed by atoms with Crippen LogP contribution in [0.2, 0.25) is 0 Å². The van der Waals surface area contributed by atoms with Crippen molar-refractivity contribution in [2.24, 2.45) is 5.73 Å². The Morgan fingerprint density at radius 2 is 1.96 bits per heavy atom. The fraction of sp³-hybridized carbons (Fsp3) is 0.263. The molecule has 5 nitrogen and oxygen atoms in total. The number of carbonyl (C=O) groups excluding carboxylic acids is 2. The molecule has 2 aromatic rings. The Morgan fingerprint density at radius 1 is 1.17 bits per heavy atom. The summed E-state index contributed by atoms with van der Waals surface area (Å²) in [5, 5.41) is 2.93. The lowest BCUT2D eigenvalue weighted by Crippen LogP contribution is -2.30. The van der Waals surface area contributed by atoms with Crippen LogP contribution < -0.4 is 11.1 Å². The van der Waals surface area contributed by atoms with E-state index >= 15 is 0 Å². The molecule has 3 N–H and O–H groups in total. The Labute approximate surface area is 141 Å². The molecule has 1 aliphatic rings. The molecule has 3 rings (SSSR count). The summed E-state index contributed by atoms with van der Waals surface area (Å²) >= 11 is 0. The molecular weight excluding hydrogens is 302 g/mol. The number of benzene rings is 2. The van der Waals surface area contributed by atoms with Crippen LogP contribution in [0.15, 0.2) is 54.6 Å². The molecule has 0 aliphatic carbocycles. The van der Waals surface area contributed by atoms with E-state index in [0.717, 1.165) is 17.7 Å². The fourth-order valence-electron chi connectivity index (χ4n) is 3.12. The van der Waals surface area contributed by atoms with Crippen molar-refractivity contribution < 1.29 is 9.59 Å². The van der Waals surface area contributed by atoms with Crippen molar-refractivity contribution in [3.05, 3.63) is 71.3 Å². The predicted octanol–water partition coefficient (Wildman–Crippen LogP) is 1.85. The number of amides is 2. The monoisotopic (exact) mass is 323 g/mol. The zero-order valence-corrected chi connectivity index (χ0v) is 13.4. The van der Waals surface area contributed by atoms with E-state index in [9.17, 15) is 9.59 Å². The third-order valence-electron chi connectivity index (χ3n) is 4.32. The van der Waals surface area contributed by atoms with Crippen LogP contribution >= 0.6 is 0 Å². The number of rotatable bonds is 4. The Hall–Kier alpha value is -2.66.